The van der Waals surface area contributed by atoms with Crippen molar-refractivity contribution in [2.45, 2.75) is 0 Å². The molecule has 1 amide bonds. The quantitative estimate of drug-likeness (QED) is 0.682. The largest absolute Gasteiger partial charge is 0.481 e. The molecule has 1 N–H and O–H groups in total. The molecular weight excluding hydrogens is 297 g/mol. The van der Waals surface area contributed by atoms with Crippen LogP contribution in [0.5, 0.6) is 5.75 Å². The normalized spacial score (nSPS) is 10.7. The maximum Gasteiger partial charge on any atom is 0.277 e. The highest BCUT2D eigenvalue weighted by atomic mass is 19.1. The molecule has 4 nitrogen and oxygen atoms in total. The van der Waals surface area contributed by atoms with Gasteiger partial charge in [0.2, 0.25) is 0 Å². The Balaban J connectivity index is 1.88. The minimum absolute atomic E-state index is 0.0817. The number of amides is 1. The van der Waals surface area contributed by atoms with Gasteiger partial charge in [-0.25, -0.2) is 18.6 Å². The Labute approximate surface area is 124 Å². The lowest BCUT2D eigenvalue weighted by molar-refractivity contribution is -0.123. The zero-order chi connectivity index (χ0) is 15.9. The van der Waals surface area contributed by atoms with E-state index in [1.165, 1.54) is 24.3 Å². The second kappa shape index (κ2) is 7.26. The van der Waals surface area contributed by atoms with Crippen molar-refractivity contribution in [3.63, 3.8) is 0 Å². The molecule has 2 aromatic carbocycles. The van der Waals surface area contributed by atoms with Gasteiger partial charge < -0.3 is 4.74 Å². The van der Waals surface area contributed by atoms with Crippen LogP contribution in [0.3, 0.4) is 0 Å². The van der Waals surface area contributed by atoms with Gasteiger partial charge in [-0.15, -0.1) is 0 Å². The Morgan fingerprint density at radius 2 is 1.68 bits per heavy atom. The molecule has 0 aromatic heterocycles. The van der Waals surface area contributed by atoms with E-state index in [4.69, 9.17) is 4.74 Å². The van der Waals surface area contributed by atoms with Gasteiger partial charge in [-0.3, -0.25) is 4.79 Å². The first-order valence-corrected chi connectivity index (χ1v) is 6.21. The van der Waals surface area contributed by atoms with Crippen molar-refractivity contribution in [3.05, 3.63) is 65.5 Å². The van der Waals surface area contributed by atoms with Crippen LogP contribution in [0.15, 0.2) is 47.6 Å². The molecule has 114 valence electrons. The molecule has 0 heterocycles. The number of para-hydroxylation sites is 1. The van der Waals surface area contributed by atoms with Crippen molar-refractivity contribution in [3.8, 4) is 5.75 Å². The van der Waals surface area contributed by atoms with Crippen LogP contribution >= 0.6 is 0 Å². The highest BCUT2D eigenvalue weighted by molar-refractivity contribution is 5.83. The summed E-state index contributed by atoms with van der Waals surface area (Å²) in [5.74, 6) is -2.99. The number of carbonyl (C=O) groups excluding carboxylic acids is 1. The zero-order valence-electron chi connectivity index (χ0n) is 11.2. The average Bonchev–Trinajstić information content (AvgIpc) is 2.49. The first-order chi connectivity index (χ1) is 10.6. The van der Waals surface area contributed by atoms with Gasteiger partial charge in [0.25, 0.3) is 5.91 Å². The molecule has 0 radical (unpaired) electrons. The summed E-state index contributed by atoms with van der Waals surface area (Å²) in [5.41, 5.74) is 1.65. The van der Waals surface area contributed by atoms with E-state index >= 15 is 0 Å². The molecule has 0 bridgehead atoms. The predicted octanol–water partition coefficient (Wildman–Crippen LogP) is 2.63. The number of rotatable bonds is 5. The van der Waals surface area contributed by atoms with Crippen molar-refractivity contribution in [1.82, 2.24) is 5.43 Å². The molecule has 0 saturated heterocycles. The molecule has 0 aliphatic rings. The van der Waals surface area contributed by atoms with Crippen LogP contribution in [0.2, 0.25) is 0 Å². The SMILES string of the molecule is O=C(COc1ccccc1F)NN=Cc1c(F)cccc1F. The third-order valence-electron chi connectivity index (χ3n) is 2.58. The van der Waals surface area contributed by atoms with E-state index in [1.807, 2.05) is 5.43 Å². The summed E-state index contributed by atoms with van der Waals surface area (Å²) < 4.78 is 44.7. The highest BCUT2D eigenvalue weighted by Gasteiger charge is 2.07. The Bertz CT molecular complexity index is 685. The molecule has 0 saturated carbocycles. The van der Waals surface area contributed by atoms with E-state index in [9.17, 15) is 18.0 Å². The number of carbonyl (C=O) groups is 1. The fraction of sp³-hybridized carbons (Fsp3) is 0.0667. The van der Waals surface area contributed by atoms with Crippen LogP contribution in [0.25, 0.3) is 0 Å². The molecule has 0 fully saturated rings. The summed E-state index contributed by atoms with van der Waals surface area (Å²) >= 11 is 0. The van der Waals surface area contributed by atoms with Crippen LogP contribution in [0.4, 0.5) is 13.2 Å². The van der Waals surface area contributed by atoms with Gasteiger partial charge in [-0.2, -0.15) is 5.10 Å². The number of halogens is 3. The third kappa shape index (κ3) is 4.08. The summed E-state index contributed by atoms with van der Waals surface area (Å²) in [6, 6.07) is 8.92. The number of hydrogen-bond donors (Lipinski definition) is 1. The lowest BCUT2D eigenvalue weighted by Gasteiger charge is -2.05. The van der Waals surface area contributed by atoms with Crippen molar-refractivity contribution < 1.29 is 22.7 Å². The minimum Gasteiger partial charge on any atom is -0.481 e. The van der Waals surface area contributed by atoms with Gasteiger partial charge in [0.15, 0.2) is 18.2 Å². The van der Waals surface area contributed by atoms with Gasteiger partial charge >= 0.3 is 0 Å². The Hall–Kier alpha value is -2.83. The maximum atomic E-state index is 13.3. The van der Waals surface area contributed by atoms with Crippen molar-refractivity contribution in [1.29, 1.82) is 0 Å². The third-order valence-corrected chi connectivity index (χ3v) is 2.58. The summed E-state index contributed by atoms with van der Waals surface area (Å²) in [4.78, 5) is 11.4. The standard InChI is InChI=1S/C15H11F3N2O2/c16-11-5-3-6-12(17)10(11)8-19-20-15(21)9-22-14-7-2-1-4-13(14)18/h1-8H,9H2,(H,20,21). The summed E-state index contributed by atoms with van der Waals surface area (Å²) in [6.45, 7) is -0.488. The van der Waals surface area contributed by atoms with E-state index < -0.39 is 30.0 Å². The zero-order valence-corrected chi connectivity index (χ0v) is 11.2. The smallest absolute Gasteiger partial charge is 0.277 e. The topological polar surface area (TPSA) is 50.7 Å². The molecule has 0 spiro atoms. The maximum absolute atomic E-state index is 13.3. The number of nitrogens with zero attached hydrogens (tertiary/aromatic N) is 1. The van der Waals surface area contributed by atoms with E-state index in [2.05, 4.69) is 5.10 Å². The lowest BCUT2D eigenvalue weighted by Crippen LogP contribution is -2.24. The van der Waals surface area contributed by atoms with E-state index in [0.29, 0.717) is 0 Å². The highest BCUT2D eigenvalue weighted by Crippen LogP contribution is 2.14. The first-order valence-electron chi connectivity index (χ1n) is 6.21. The summed E-state index contributed by atoms with van der Waals surface area (Å²) in [6.07, 6.45) is 0.839. The number of hydrazone groups is 1. The molecule has 0 atom stereocenters. The fourth-order valence-electron chi connectivity index (χ4n) is 1.54. The summed E-state index contributed by atoms with van der Waals surface area (Å²) in [7, 11) is 0. The first kappa shape index (κ1) is 15.6. The van der Waals surface area contributed by atoms with Gasteiger partial charge in [0.05, 0.1) is 11.8 Å². The van der Waals surface area contributed by atoms with E-state index in [1.54, 1.807) is 6.07 Å². The number of benzene rings is 2. The van der Waals surface area contributed by atoms with Crippen LogP contribution in [-0.2, 0) is 4.79 Å². The van der Waals surface area contributed by atoms with E-state index in [-0.39, 0.29) is 11.3 Å². The Morgan fingerprint density at radius 3 is 2.36 bits per heavy atom. The van der Waals surface area contributed by atoms with E-state index in [0.717, 1.165) is 18.3 Å². The van der Waals surface area contributed by atoms with Crippen molar-refractivity contribution >= 4 is 12.1 Å². The molecular formula is C15H11F3N2O2. The summed E-state index contributed by atoms with van der Waals surface area (Å²) in [5, 5.41) is 3.42. The molecule has 2 rings (SSSR count). The average molecular weight is 308 g/mol. The van der Waals surface area contributed by atoms with Crippen LogP contribution in [0, 0.1) is 17.5 Å². The second-order valence-electron chi connectivity index (χ2n) is 4.15. The van der Waals surface area contributed by atoms with Gasteiger partial charge in [-0.05, 0) is 24.3 Å². The van der Waals surface area contributed by atoms with Crippen LogP contribution in [-0.4, -0.2) is 18.7 Å². The lowest BCUT2D eigenvalue weighted by atomic mass is 10.2. The molecule has 0 aliphatic carbocycles. The molecule has 22 heavy (non-hydrogen) atoms. The molecule has 7 heteroatoms. The number of ether oxygens (including phenoxy) is 1. The predicted molar refractivity (Wildman–Crippen MR) is 74.0 cm³/mol. The van der Waals surface area contributed by atoms with Crippen molar-refractivity contribution in [2.75, 3.05) is 6.61 Å². The Kier molecular flexibility index (Phi) is 5.13. The van der Waals surface area contributed by atoms with Crippen LogP contribution in [0.1, 0.15) is 5.56 Å². The molecule has 0 unspecified atom stereocenters. The number of hydrogen-bond acceptors (Lipinski definition) is 3. The van der Waals surface area contributed by atoms with Gasteiger partial charge in [0, 0.05) is 0 Å². The van der Waals surface area contributed by atoms with Gasteiger partial charge in [-0.1, -0.05) is 18.2 Å². The minimum atomic E-state index is -0.805. The second-order valence-corrected chi connectivity index (χ2v) is 4.15. The van der Waals surface area contributed by atoms with Crippen molar-refractivity contribution in [2.24, 2.45) is 5.10 Å². The molecule has 2 aromatic rings. The van der Waals surface area contributed by atoms with Crippen LogP contribution < -0.4 is 10.2 Å². The Morgan fingerprint density at radius 1 is 1.05 bits per heavy atom. The monoisotopic (exact) mass is 308 g/mol. The number of nitrogens with one attached hydrogen (secondary N) is 1. The van der Waals surface area contributed by atoms with Gasteiger partial charge in [0.1, 0.15) is 11.6 Å². The fourth-order valence-corrected chi connectivity index (χ4v) is 1.54. The molecule has 0 aliphatic heterocycles.